The van der Waals surface area contributed by atoms with E-state index in [1.54, 1.807) is 6.92 Å². The third-order valence-electron chi connectivity index (χ3n) is 7.26. The summed E-state index contributed by atoms with van der Waals surface area (Å²) in [6.45, 7) is 5.74. The van der Waals surface area contributed by atoms with Crippen LogP contribution in [0.4, 0.5) is 0 Å². The van der Waals surface area contributed by atoms with Gasteiger partial charge in [0.05, 0.1) is 12.6 Å². The molecular formula is C32H39NO4. The highest BCUT2D eigenvalue weighted by atomic mass is 16.6. The topological polar surface area (TPSA) is 48.0 Å². The Morgan fingerprint density at radius 3 is 2.38 bits per heavy atom. The van der Waals surface area contributed by atoms with E-state index >= 15 is 0 Å². The third-order valence-corrected chi connectivity index (χ3v) is 7.26. The molecule has 3 aromatic carbocycles. The lowest BCUT2D eigenvalue weighted by molar-refractivity contribution is -0.154. The first-order chi connectivity index (χ1) is 18.0. The van der Waals surface area contributed by atoms with Gasteiger partial charge in [-0.3, -0.25) is 4.90 Å². The Kier molecular flexibility index (Phi) is 9.37. The molecule has 196 valence electrons. The molecule has 0 radical (unpaired) electrons. The van der Waals surface area contributed by atoms with Crippen LogP contribution in [0.3, 0.4) is 0 Å². The Morgan fingerprint density at radius 1 is 0.946 bits per heavy atom. The predicted molar refractivity (Wildman–Crippen MR) is 147 cm³/mol. The van der Waals surface area contributed by atoms with Gasteiger partial charge in [0, 0.05) is 20.1 Å². The van der Waals surface area contributed by atoms with Crippen LogP contribution in [0.5, 0.6) is 5.75 Å². The fourth-order valence-electron chi connectivity index (χ4n) is 5.17. The molecule has 0 heterocycles. The van der Waals surface area contributed by atoms with Gasteiger partial charge in [-0.2, -0.15) is 0 Å². The summed E-state index contributed by atoms with van der Waals surface area (Å²) in [5.41, 5.74) is 8.10. The maximum Gasteiger partial charge on any atom is 0.335 e. The molecule has 2 unspecified atom stereocenters. The van der Waals surface area contributed by atoms with E-state index in [1.165, 1.54) is 34.9 Å². The van der Waals surface area contributed by atoms with Crippen LogP contribution in [0.25, 0.3) is 0 Å². The van der Waals surface area contributed by atoms with E-state index < -0.39 is 6.10 Å². The van der Waals surface area contributed by atoms with E-state index in [4.69, 9.17) is 14.2 Å². The van der Waals surface area contributed by atoms with E-state index in [2.05, 4.69) is 61.3 Å². The second kappa shape index (κ2) is 12.9. The molecule has 0 saturated heterocycles. The van der Waals surface area contributed by atoms with Gasteiger partial charge >= 0.3 is 5.97 Å². The van der Waals surface area contributed by atoms with Crippen LogP contribution in [0.2, 0.25) is 0 Å². The number of nitrogens with zero attached hydrogens (tertiary/aromatic N) is 1. The standard InChI is InChI=1S/C32H39NO4/c1-5-23-13-18-29-26(21-23)15-14-25-9-7-8-10-28(25)31(29)33(3)19-20-37-27-16-11-24(12-17-27)22-30(35-4)32(34)36-6-2/h7-13,16-18,21,30-31H,5-6,14-15,19-20,22H2,1-4H3. The van der Waals surface area contributed by atoms with Gasteiger partial charge < -0.3 is 14.2 Å². The molecule has 4 rings (SSSR count). The van der Waals surface area contributed by atoms with Gasteiger partial charge in [-0.05, 0) is 78.7 Å². The van der Waals surface area contributed by atoms with Crippen molar-refractivity contribution in [2.45, 2.75) is 51.7 Å². The average molecular weight is 502 g/mol. The number of hydrogen-bond acceptors (Lipinski definition) is 5. The largest absolute Gasteiger partial charge is 0.492 e. The van der Waals surface area contributed by atoms with E-state index in [9.17, 15) is 4.79 Å². The van der Waals surface area contributed by atoms with E-state index in [0.717, 1.165) is 37.1 Å². The van der Waals surface area contributed by atoms with Gasteiger partial charge in [0.25, 0.3) is 0 Å². The maximum absolute atomic E-state index is 12.0. The summed E-state index contributed by atoms with van der Waals surface area (Å²) in [5.74, 6) is 0.484. The quantitative estimate of drug-likeness (QED) is 0.322. The van der Waals surface area contributed by atoms with Crippen LogP contribution in [0.1, 0.15) is 53.3 Å². The number of carbonyl (C=O) groups is 1. The van der Waals surface area contributed by atoms with Crippen molar-refractivity contribution >= 4 is 5.97 Å². The van der Waals surface area contributed by atoms with Crippen LogP contribution in [-0.2, 0) is 40.0 Å². The van der Waals surface area contributed by atoms with Gasteiger partial charge in [0.15, 0.2) is 6.10 Å². The maximum atomic E-state index is 12.0. The SMILES string of the molecule is CCOC(=O)C(Cc1ccc(OCCN(C)C2c3ccccc3CCc3cc(CC)ccc32)cc1)OC. The molecule has 0 fully saturated rings. The van der Waals surface area contributed by atoms with Crippen LogP contribution >= 0.6 is 0 Å². The fraction of sp³-hybridized carbons (Fsp3) is 0.406. The zero-order chi connectivity index (χ0) is 26.2. The number of ether oxygens (including phenoxy) is 3. The number of benzene rings is 3. The first-order valence-electron chi connectivity index (χ1n) is 13.3. The molecule has 0 aliphatic heterocycles. The highest BCUT2D eigenvalue weighted by Crippen LogP contribution is 2.36. The summed E-state index contributed by atoms with van der Waals surface area (Å²) in [7, 11) is 3.72. The number of carbonyl (C=O) groups excluding carboxylic acids is 1. The van der Waals surface area contributed by atoms with Crippen molar-refractivity contribution in [3.05, 3.63) is 100 Å². The summed E-state index contributed by atoms with van der Waals surface area (Å²) in [5, 5.41) is 0. The Balaban J connectivity index is 1.41. The zero-order valence-electron chi connectivity index (χ0n) is 22.5. The Hall–Kier alpha value is -3.15. The molecule has 1 aliphatic carbocycles. The van der Waals surface area contributed by atoms with Gasteiger partial charge in [-0.1, -0.05) is 61.5 Å². The number of aryl methyl sites for hydroxylation is 3. The number of hydrogen-bond donors (Lipinski definition) is 0. The number of likely N-dealkylation sites (N-methyl/N-ethyl adjacent to an activating group) is 1. The Morgan fingerprint density at radius 2 is 1.65 bits per heavy atom. The summed E-state index contributed by atoms with van der Waals surface area (Å²) < 4.78 is 16.5. The normalized spacial score (nSPS) is 15.4. The van der Waals surface area contributed by atoms with Crippen molar-refractivity contribution < 1.29 is 19.0 Å². The summed E-state index contributed by atoms with van der Waals surface area (Å²) in [4.78, 5) is 14.4. The van der Waals surface area contributed by atoms with Crippen LogP contribution in [0, 0.1) is 0 Å². The first-order valence-corrected chi connectivity index (χ1v) is 13.3. The molecule has 37 heavy (non-hydrogen) atoms. The monoisotopic (exact) mass is 501 g/mol. The molecular weight excluding hydrogens is 462 g/mol. The molecule has 2 atom stereocenters. The minimum Gasteiger partial charge on any atom is -0.492 e. The molecule has 3 aromatic rings. The van der Waals surface area contributed by atoms with Crippen molar-refractivity contribution in [3.8, 4) is 5.75 Å². The number of methoxy groups -OCH3 is 1. The van der Waals surface area contributed by atoms with Crippen LogP contribution in [-0.4, -0.2) is 50.9 Å². The molecule has 5 heteroatoms. The number of rotatable bonds is 11. The van der Waals surface area contributed by atoms with Crippen molar-refractivity contribution in [1.82, 2.24) is 4.90 Å². The molecule has 0 amide bonds. The molecule has 0 bridgehead atoms. The summed E-state index contributed by atoms with van der Waals surface area (Å²) in [6, 6.07) is 23.9. The van der Waals surface area contributed by atoms with Gasteiger partial charge in [0.2, 0.25) is 0 Å². The second-order valence-corrected chi connectivity index (χ2v) is 9.64. The van der Waals surface area contributed by atoms with Crippen LogP contribution in [0.15, 0.2) is 66.7 Å². The summed E-state index contributed by atoms with van der Waals surface area (Å²) in [6.07, 6.45) is 3.08. The molecule has 0 spiro atoms. The minimum absolute atomic E-state index is 0.208. The number of esters is 1. The van der Waals surface area contributed by atoms with Crippen molar-refractivity contribution in [1.29, 1.82) is 0 Å². The Labute approximate surface area is 221 Å². The lowest BCUT2D eigenvalue weighted by atomic mass is 9.92. The lowest BCUT2D eigenvalue weighted by Gasteiger charge is -2.30. The minimum atomic E-state index is -0.598. The van der Waals surface area contributed by atoms with Gasteiger partial charge in [0.1, 0.15) is 12.4 Å². The predicted octanol–water partition coefficient (Wildman–Crippen LogP) is 5.57. The molecule has 0 saturated carbocycles. The van der Waals surface area contributed by atoms with Crippen molar-refractivity contribution in [3.63, 3.8) is 0 Å². The highest BCUT2D eigenvalue weighted by Gasteiger charge is 2.27. The van der Waals surface area contributed by atoms with Crippen LogP contribution < -0.4 is 4.74 Å². The van der Waals surface area contributed by atoms with Gasteiger partial charge in [-0.25, -0.2) is 4.79 Å². The Bertz CT molecular complexity index is 1170. The molecule has 1 aliphatic rings. The fourth-order valence-corrected chi connectivity index (χ4v) is 5.17. The highest BCUT2D eigenvalue weighted by molar-refractivity contribution is 5.75. The first kappa shape index (κ1) is 26.9. The van der Waals surface area contributed by atoms with Gasteiger partial charge in [-0.15, -0.1) is 0 Å². The molecule has 0 N–H and O–H groups in total. The van der Waals surface area contributed by atoms with E-state index in [-0.39, 0.29) is 12.0 Å². The van der Waals surface area contributed by atoms with E-state index in [1.807, 2.05) is 24.3 Å². The summed E-state index contributed by atoms with van der Waals surface area (Å²) >= 11 is 0. The van der Waals surface area contributed by atoms with E-state index in [0.29, 0.717) is 19.6 Å². The molecule has 0 aromatic heterocycles. The lowest BCUT2D eigenvalue weighted by Crippen LogP contribution is -2.30. The second-order valence-electron chi connectivity index (χ2n) is 9.64. The van der Waals surface area contributed by atoms with Crippen molar-refractivity contribution in [2.75, 3.05) is 33.9 Å². The smallest absolute Gasteiger partial charge is 0.335 e. The number of fused-ring (bicyclic) bond motifs is 2. The molecule has 5 nitrogen and oxygen atoms in total. The van der Waals surface area contributed by atoms with Crippen molar-refractivity contribution in [2.24, 2.45) is 0 Å². The third kappa shape index (κ3) is 6.60. The average Bonchev–Trinajstić information content (AvgIpc) is 3.09. The zero-order valence-corrected chi connectivity index (χ0v) is 22.5.